The molecule has 1 aliphatic rings. The molecule has 0 aromatic carbocycles. The highest BCUT2D eigenvalue weighted by molar-refractivity contribution is 5.13. The maximum absolute atomic E-state index is 5.89. The molecule has 0 amide bonds. The molecule has 4 heteroatoms. The number of rotatable bonds is 6. The number of hydrazine groups is 1. The van der Waals surface area contributed by atoms with Crippen LogP contribution in [0.3, 0.4) is 0 Å². The predicted octanol–water partition coefficient (Wildman–Crippen LogP) is 2.81. The molecule has 1 fully saturated rings. The predicted molar refractivity (Wildman–Crippen MR) is 83.3 cm³/mol. The molecule has 20 heavy (non-hydrogen) atoms. The van der Waals surface area contributed by atoms with Gasteiger partial charge in [-0.1, -0.05) is 33.1 Å². The minimum atomic E-state index is 0.322. The number of aromatic nitrogens is 2. The van der Waals surface area contributed by atoms with E-state index in [2.05, 4.69) is 42.0 Å². The molecule has 0 radical (unpaired) electrons. The van der Waals surface area contributed by atoms with Crippen LogP contribution < -0.4 is 11.3 Å². The van der Waals surface area contributed by atoms with Crippen LogP contribution in [-0.2, 0) is 19.4 Å². The molecule has 4 nitrogen and oxygen atoms in total. The van der Waals surface area contributed by atoms with Crippen LogP contribution in [0.15, 0.2) is 6.07 Å². The van der Waals surface area contributed by atoms with Crippen LogP contribution in [0.5, 0.6) is 0 Å². The van der Waals surface area contributed by atoms with Crippen molar-refractivity contribution in [1.82, 2.24) is 15.2 Å². The monoisotopic (exact) mass is 278 g/mol. The molecule has 1 atom stereocenters. The summed E-state index contributed by atoms with van der Waals surface area (Å²) in [5, 5.41) is 4.65. The van der Waals surface area contributed by atoms with Crippen LogP contribution in [0.25, 0.3) is 0 Å². The highest BCUT2D eigenvalue weighted by Gasteiger charge is 2.35. The van der Waals surface area contributed by atoms with Crippen LogP contribution in [0.2, 0.25) is 0 Å². The van der Waals surface area contributed by atoms with Gasteiger partial charge < -0.3 is 0 Å². The van der Waals surface area contributed by atoms with E-state index in [4.69, 9.17) is 5.84 Å². The Morgan fingerprint density at radius 3 is 2.60 bits per heavy atom. The second-order valence-corrected chi connectivity index (χ2v) is 6.43. The summed E-state index contributed by atoms with van der Waals surface area (Å²) in [6, 6.07) is 2.59. The molecule has 3 N–H and O–H groups in total. The summed E-state index contributed by atoms with van der Waals surface area (Å²) < 4.78 is 2.13. The summed E-state index contributed by atoms with van der Waals surface area (Å²) in [5.41, 5.74) is 5.92. The lowest BCUT2D eigenvalue weighted by Gasteiger charge is -2.40. The number of hydrogen-bond acceptors (Lipinski definition) is 3. The summed E-state index contributed by atoms with van der Waals surface area (Å²) in [4.78, 5) is 0. The summed E-state index contributed by atoms with van der Waals surface area (Å²) >= 11 is 0. The van der Waals surface area contributed by atoms with E-state index in [1.807, 2.05) is 0 Å². The van der Waals surface area contributed by atoms with E-state index in [1.165, 1.54) is 43.5 Å². The van der Waals surface area contributed by atoms with Crippen molar-refractivity contribution in [2.75, 3.05) is 0 Å². The maximum Gasteiger partial charge on any atom is 0.0624 e. The first-order valence-corrected chi connectivity index (χ1v) is 8.14. The zero-order valence-electron chi connectivity index (χ0n) is 13.3. The van der Waals surface area contributed by atoms with Gasteiger partial charge in [0.1, 0.15) is 0 Å². The largest absolute Gasteiger partial charge is 0.271 e. The first-order chi connectivity index (χ1) is 9.62. The second-order valence-electron chi connectivity index (χ2n) is 6.43. The SMILES string of the molecule is CCc1cc(CC(NN)C2(C)CCCCC2)n(CC)n1. The van der Waals surface area contributed by atoms with Gasteiger partial charge in [-0.25, -0.2) is 0 Å². The topological polar surface area (TPSA) is 55.9 Å². The smallest absolute Gasteiger partial charge is 0.0624 e. The Morgan fingerprint density at radius 2 is 2.05 bits per heavy atom. The fourth-order valence-corrected chi connectivity index (χ4v) is 3.55. The third kappa shape index (κ3) is 3.23. The van der Waals surface area contributed by atoms with Gasteiger partial charge in [-0.05, 0) is 37.7 Å². The lowest BCUT2D eigenvalue weighted by molar-refractivity contribution is 0.142. The Labute approximate surface area is 123 Å². The third-order valence-electron chi connectivity index (χ3n) is 5.03. The minimum absolute atomic E-state index is 0.322. The van der Waals surface area contributed by atoms with Crippen molar-refractivity contribution < 1.29 is 0 Å². The minimum Gasteiger partial charge on any atom is -0.271 e. The van der Waals surface area contributed by atoms with Gasteiger partial charge in [-0.15, -0.1) is 0 Å². The van der Waals surface area contributed by atoms with E-state index in [1.54, 1.807) is 0 Å². The summed E-state index contributed by atoms with van der Waals surface area (Å²) in [7, 11) is 0. The van der Waals surface area contributed by atoms with Gasteiger partial charge in [-0.3, -0.25) is 16.0 Å². The van der Waals surface area contributed by atoms with E-state index in [0.717, 1.165) is 19.4 Å². The Morgan fingerprint density at radius 1 is 1.35 bits per heavy atom. The van der Waals surface area contributed by atoms with E-state index in [-0.39, 0.29) is 0 Å². The van der Waals surface area contributed by atoms with E-state index in [9.17, 15) is 0 Å². The lowest BCUT2D eigenvalue weighted by Crippen LogP contribution is -2.49. The van der Waals surface area contributed by atoms with Crippen molar-refractivity contribution in [2.45, 2.75) is 78.3 Å². The summed E-state index contributed by atoms with van der Waals surface area (Å²) in [6.07, 6.45) is 8.58. The van der Waals surface area contributed by atoms with Crippen LogP contribution >= 0.6 is 0 Å². The molecule has 1 aromatic heterocycles. The first kappa shape index (κ1) is 15.5. The van der Waals surface area contributed by atoms with E-state index >= 15 is 0 Å². The molecule has 2 rings (SSSR count). The Kier molecular flexibility index (Phi) is 5.22. The highest BCUT2D eigenvalue weighted by atomic mass is 15.3. The highest BCUT2D eigenvalue weighted by Crippen LogP contribution is 2.39. The Hall–Kier alpha value is -0.870. The molecule has 1 unspecified atom stereocenters. The molecule has 1 heterocycles. The Bertz CT molecular complexity index is 418. The molecule has 1 saturated carbocycles. The molecule has 0 bridgehead atoms. The molecule has 0 saturated heterocycles. The van der Waals surface area contributed by atoms with Crippen molar-refractivity contribution in [2.24, 2.45) is 11.3 Å². The molecule has 1 aromatic rings. The van der Waals surface area contributed by atoms with Crippen LogP contribution in [0.4, 0.5) is 0 Å². The molecule has 114 valence electrons. The lowest BCUT2D eigenvalue weighted by atomic mass is 9.69. The van der Waals surface area contributed by atoms with Gasteiger partial charge in [-0.2, -0.15) is 5.10 Å². The van der Waals surface area contributed by atoms with Crippen molar-refractivity contribution in [3.8, 4) is 0 Å². The average molecular weight is 278 g/mol. The summed E-state index contributed by atoms with van der Waals surface area (Å²) in [5.74, 6) is 5.89. The fourth-order valence-electron chi connectivity index (χ4n) is 3.55. The number of aryl methyl sites for hydroxylation is 2. The second kappa shape index (κ2) is 6.72. The standard InChI is InChI=1S/C16H30N4/c1-4-13-11-14(20(5-2)19-13)12-15(18-17)16(3)9-7-6-8-10-16/h11,15,18H,4-10,12,17H2,1-3H3. The molecular weight excluding hydrogens is 248 g/mol. The van der Waals surface area contributed by atoms with Crippen molar-refractivity contribution in [1.29, 1.82) is 0 Å². The van der Waals surface area contributed by atoms with Crippen molar-refractivity contribution >= 4 is 0 Å². The number of nitrogens with zero attached hydrogens (tertiary/aromatic N) is 2. The van der Waals surface area contributed by atoms with Gasteiger partial charge in [0.2, 0.25) is 0 Å². The molecular formula is C16H30N4. The number of hydrogen-bond donors (Lipinski definition) is 2. The van der Waals surface area contributed by atoms with Gasteiger partial charge in [0.25, 0.3) is 0 Å². The molecule has 0 spiro atoms. The van der Waals surface area contributed by atoms with Crippen molar-refractivity contribution in [3.05, 3.63) is 17.5 Å². The quantitative estimate of drug-likeness (QED) is 0.621. The third-order valence-corrected chi connectivity index (χ3v) is 5.03. The van der Waals surface area contributed by atoms with Gasteiger partial charge >= 0.3 is 0 Å². The molecule has 0 aliphatic heterocycles. The van der Waals surface area contributed by atoms with Crippen LogP contribution in [-0.4, -0.2) is 15.8 Å². The van der Waals surface area contributed by atoms with Crippen LogP contribution in [0.1, 0.15) is 64.3 Å². The number of nitrogens with two attached hydrogens (primary N) is 1. The van der Waals surface area contributed by atoms with E-state index < -0.39 is 0 Å². The molecule has 1 aliphatic carbocycles. The summed E-state index contributed by atoms with van der Waals surface area (Å²) in [6.45, 7) is 7.64. The van der Waals surface area contributed by atoms with E-state index in [0.29, 0.717) is 11.5 Å². The zero-order valence-corrected chi connectivity index (χ0v) is 13.3. The van der Waals surface area contributed by atoms with Crippen molar-refractivity contribution in [3.63, 3.8) is 0 Å². The Balaban J connectivity index is 2.15. The maximum atomic E-state index is 5.89. The van der Waals surface area contributed by atoms with Gasteiger partial charge in [0.15, 0.2) is 0 Å². The zero-order chi connectivity index (χ0) is 14.6. The average Bonchev–Trinajstić information content (AvgIpc) is 2.87. The number of nitrogens with one attached hydrogen (secondary N) is 1. The fraction of sp³-hybridized carbons (Fsp3) is 0.812. The normalized spacial score (nSPS) is 20.0. The first-order valence-electron chi connectivity index (χ1n) is 8.14. The van der Waals surface area contributed by atoms with Crippen LogP contribution in [0, 0.1) is 5.41 Å². The van der Waals surface area contributed by atoms with Gasteiger partial charge in [0, 0.05) is 24.7 Å². The van der Waals surface area contributed by atoms with Gasteiger partial charge in [0.05, 0.1) is 5.69 Å².